The lowest BCUT2D eigenvalue weighted by Gasteiger charge is -2.19. The van der Waals surface area contributed by atoms with Crippen LogP contribution in [-0.2, 0) is 6.42 Å². The van der Waals surface area contributed by atoms with E-state index in [4.69, 9.17) is 4.74 Å². The zero-order valence-corrected chi connectivity index (χ0v) is 20.1. The summed E-state index contributed by atoms with van der Waals surface area (Å²) in [6.45, 7) is 5.54. The van der Waals surface area contributed by atoms with Crippen LogP contribution in [0.15, 0.2) is 53.5 Å². The van der Waals surface area contributed by atoms with Crippen molar-refractivity contribution in [1.29, 1.82) is 0 Å². The number of H-pyrrole nitrogens is 1. The second-order valence-corrected chi connectivity index (χ2v) is 8.59. The first-order valence-electron chi connectivity index (χ1n) is 11.4. The number of benzene rings is 1. The van der Waals surface area contributed by atoms with Crippen LogP contribution < -0.4 is 10.3 Å². The number of pyridine rings is 2. The number of ether oxygens (including phenoxy) is 1. The molecule has 1 unspecified atom stereocenters. The second-order valence-electron chi connectivity index (χ2n) is 8.59. The number of fused-ring (bicyclic) bond motifs is 1. The molecular formula is C27H27F2N3O3. The van der Waals surface area contributed by atoms with Gasteiger partial charge in [-0.05, 0) is 57.0 Å². The Bertz CT molecular complexity index is 1460. The van der Waals surface area contributed by atoms with Gasteiger partial charge in [0.25, 0.3) is 12.0 Å². The average Bonchev–Trinajstić information content (AvgIpc) is 3.14. The molecule has 8 heteroatoms. The van der Waals surface area contributed by atoms with Gasteiger partial charge in [0.15, 0.2) is 5.78 Å². The smallest absolute Gasteiger partial charge is 0.280 e. The van der Waals surface area contributed by atoms with Gasteiger partial charge in [0, 0.05) is 40.5 Å². The van der Waals surface area contributed by atoms with Gasteiger partial charge in [-0.2, -0.15) is 0 Å². The number of aryl methyl sites for hydroxylation is 1. The summed E-state index contributed by atoms with van der Waals surface area (Å²) >= 11 is 0. The molecule has 35 heavy (non-hydrogen) atoms. The molecule has 0 aliphatic carbocycles. The minimum Gasteiger partial charge on any atom is -0.496 e. The fraction of sp³-hybridized carbons (Fsp3) is 0.296. The number of aromatic nitrogens is 3. The van der Waals surface area contributed by atoms with Crippen molar-refractivity contribution in [2.45, 2.75) is 46.1 Å². The zero-order chi connectivity index (χ0) is 25.3. The number of Topliss-reactive ketones (excluding diaryl/α,β-unsaturated/α-hetero) is 1. The normalized spacial score (nSPS) is 12.3. The van der Waals surface area contributed by atoms with Crippen LogP contribution in [0.5, 0.6) is 5.75 Å². The number of hydrogen-bond donors (Lipinski definition) is 1. The third kappa shape index (κ3) is 4.60. The monoisotopic (exact) mass is 479 g/mol. The van der Waals surface area contributed by atoms with Gasteiger partial charge in [-0.25, -0.2) is 8.78 Å². The molecule has 0 fully saturated rings. The largest absolute Gasteiger partial charge is 0.496 e. The van der Waals surface area contributed by atoms with Crippen molar-refractivity contribution < 1.29 is 18.3 Å². The van der Waals surface area contributed by atoms with Crippen LogP contribution in [0, 0.1) is 13.8 Å². The van der Waals surface area contributed by atoms with Crippen LogP contribution in [0.3, 0.4) is 0 Å². The van der Waals surface area contributed by atoms with Crippen LogP contribution >= 0.6 is 0 Å². The van der Waals surface area contributed by atoms with E-state index in [1.54, 1.807) is 19.1 Å². The Morgan fingerprint density at radius 3 is 2.63 bits per heavy atom. The minimum atomic E-state index is -2.66. The highest BCUT2D eigenvalue weighted by molar-refractivity contribution is 6.09. The number of halogens is 2. The lowest BCUT2D eigenvalue weighted by atomic mass is 10.0. The van der Waals surface area contributed by atoms with E-state index in [-0.39, 0.29) is 35.9 Å². The van der Waals surface area contributed by atoms with Crippen LogP contribution in [0.2, 0.25) is 0 Å². The van der Waals surface area contributed by atoms with Gasteiger partial charge in [0.05, 0.1) is 18.7 Å². The van der Waals surface area contributed by atoms with E-state index in [1.165, 1.54) is 19.4 Å². The van der Waals surface area contributed by atoms with E-state index >= 15 is 0 Å². The number of ketones is 1. The minimum absolute atomic E-state index is 0.102. The SMILES string of the molecule is COc1cc(C)[nH]c(=O)c1CCC(=O)c1c(C)n(C(C)c2ccnc(C(F)F)c2)c2ccccc12. The summed E-state index contributed by atoms with van der Waals surface area (Å²) in [7, 11) is 1.50. The second kappa shape index (κ2) is 9.82. The number of carbonyl (C=O) groups excluding carboxylic acids is 1. The van der Waals surface area contributed by atoms with Crippen LogP contribution in [-0.4, -0.2) is 27.4 Å². The number of carbonyl (C=O) groups is 1. The highest BCUT2D eigenvalue weighted by Gasteiger charge is 2.24. The Morgan fingerprint density at radius 2 is 1.91 bits per heavy atom. The summed E-state index contributed by atoms with van der Waals surface area (Å²) in [6.07, 6.45) is -0.929. The molecule has 1 N–H and O–H groups in total. The van der Waals surface area contributed by atoms with E-state index in [0.717, 1.165) is 16.6 Å². The van der Waals surface area contributed by atoms with Crippen molar-refractivity contribution >= 4 is 16.7 Å². The molecule has 0 amide bonds. The van der Waals surface area contributed by atoms with E-state index in [9.17, 15) is 18.4 Å². The fourth-order valence-corrected chi connectivity index (χ4v) is 4.70. The Labute approximate surface area is 201 Å². The molecule has 0 saturated carbocycles. The molecule has 0 aliphatic heterocycles. The van der Waals surface area contributed by atoms with E-state index in [1.807, 2.05) is 42.7 Å². The maximum Gasteiger partial charge on any atom is 0.280 e. The number of alkyl halides is 2. The number of nitrogens with one attached hydrogen (secondary N) is 1. The Morgan fingerprint density at radius 1 is 1.17 bits per heavy atom. The fourth-order valence-electron chi connectivity index (χ4n) is 4.70. The molecule has 1 aromatic carbocycles. The first-order valence-corrected chi connectivity index (χ1v) is 11.4. The summed E-state index contributed by atoms with van der Waals surface area (Å²) in [5, 5.41) is 0.787. The van der Waals surface area contributed by atoms with Crippen molar-refractivity contribution in [2.75, 3.05) is 7.11 Å². The number of aromatic amines is 1. The zero-order valence-electron chi connectivity index (χ0n) is 20.1. The molecule has 0 bridgehead atoms. The van der Waals surface area contributed by atoms with E-state index < -0.39 is 6.43 Å². The van der Waals surface area contributed by atoms with Crippen molar-refractivity contribution in [2.24, 2.45) is 0 Å². The molecule has 1 atom stereocenters. The lowest BCUT2D eigenvalue weighted by molar-refractivity contribution is 0.0983. The number of nitrogens with zero attached hydrogens (tertiary/aromatic N) is 2. The molecule has 0 aliphatic rings. The summed E-state index contributed by atoms with van der Waals surface area (Å²) in [4.78, 5) is 32.5. The Hall–Kier alpha value is -3.81. The molecular weight excluding hydrogens is 452 g/mol. The molecule has 182 valence electrons. The standard InChI is InChI=1S/C27H27F2N3O3/c1-15-13-24(35-4)20(27(34)31-15)9-10-23(33)25-17(3)32(22-8-6-5-7-19(22)25)16(2)18-11-12-30-21(14-18)26(28)29/h5-8,11-14,16,26H,9-10H2,1-4H3,(H,31,34). The van der Waals surface area contributed by atoms with E-state index in [2.05, 4.69) is 9.97 Å². The number of methoxy groups -OCH3 is 1. The predicted molar refractivity (Wildman–Crippen MR) is 131 cm³/mol. The molecule has 3 heterocycles. The van der Waals surface area contributed by atoms with E-state index in [0.29, 0.717) is 28.1 Å². The van der Waals surface area contributed by atoms with Crippen molar-refractivity contribution in [3.8, 4) is 5.75 Å². The van der Waals surface area contributed by atoms with Crippen LogP contribution in [0.25, 0.3) is 10.9 Å². The summed E-state index contributed by atoms with van der Waals surface area (Å²) < 4.78 is 33.8. The molecule has 0 radical (unpaired) electrons. The van der Waals surface area contributed by atoms with Crippen molar-refractivity contribution in [1.82, 2.24) is 14.5 Å². The summed E-state index contributed by atoms with van der Waals surface area (Å²) in [6, 6.07) is 12.1. The summed E-state index contributed by atoms with van der Waals surface area (Å²) in [5.41, 5.74) is 3.38. The molecule has 3 aromatic heterocycles. The maximum atomic E-state index is 13.5. The highest BCUT2D eigenvalue weighted by Crippen LogP contribution is 2.33. The lowest BCUT2D eigenvalue weighted by Crippen LogP contribution is -2.17. The quantitative estimate of drug-likeness (QED) is 0.328. The van der Waals surface area contributed by atoms with Crippen molar-refractivity contribution in [3.63, 3.8) is 0 Å². The summed E-state index contributed by atoms with van der Waals surface area (Å²) in [5.74, 6) is 0.356. The van der Waals surface area contributed by atoms with Gasteiger partial charge in [-0.3, -0.25) is 14.6 Å². The number of para-hydroxylation sites is 1. The van der Waals surface area contributed by atoms with Crippen molar-refractivity contribution in [3.05, 3.63) is 92.8 Å². The van der Waals surface area contributed by atoms with Gasteiger partial charge in [-0.1, -0.05) is 18.2 Å². The first-order chi connectivity index (χ1) is 16.7. The third-order valence-corrected chi connectivity index (χ3v) is 6.39. The first kappa shape index (κ1) is 24.3. The molecule has 0 saturated heterocycles. The van der Waals surface area contributed by atoms with Gasteiger partial charge in [-0.15, -0.1) is 0 Å². The van der Waals surface area contributed by atoms with Gasteiger partial charge in [0.2, 0.25) is 0 Å². The molecule has 4 rings (SSSR count). The molecule has 6 nitrogen and oxygen atoms in total. The Kier molecular flexibility index (Phi) is 6.82. The van der Waals surface area contributed by atoms with Gasteiger partial charge < -0.3 is 14.3 Å². The molecule has 4 aromatic rings. The highest BCUT2D eigenvalue weighted by atomic mass is 19.3. The average molecular weight is 480 g/mol. The van der Waals surface area contributed by atoms with Gasteiger partial charge in [0.1, 0.15) is 11.4 Å². The number of hydrogen-bond acceptors (Lipinski definition) is 4. The topological polar surface area (TPSA) is 77.0 Å². The Balaban J connectivity index is 1.72. The van der Waals surface area contributed by atoms with Crippen LogP contribution in [0.4, 0.5) is 8.78 Å². The third-order valence-electron chi connectivity index (χ3n) is 6.39. The number of rotatable bonds is 8. The van der Waals surface area contributed by atoms with Gasteiger partial charge >= 0.3 is 0 Å². The maximum absolute atomic E-state index is 13.5. The predicted octanol–water partition coefficient (Wildman–Crippen LogP) is 5.71. The molecule has 0 spiro atoms. The van der Waals surface area contributed by atoms with Crippen LogP contribution in [0.1, 0.15) is 64.4 Å².